The van der Waals surface area contributed by atoms with Gasteiger partial charge in [0.1, 0.15) is 0 Å². The lowest BCUT2D eigenvalue weighted by Gasteiger charge is -2.21. The number of nitrogens with one attached hydrogen (secondary N) is 1. The first kappa shape index (κ1) is 15.3. The van der Waals surface area contributed by atoms with Crippen LogP contribution in [-0.4, -0.2) is 17.6 Å². The van der Waals surface area contributed by atoms with E-state index >= 15 is 0 Å². The Bertz CT molecular complexity index is 476. The first-order chi connectivity index (χ1) is 8.50. The number of hydrogen-bond acceptors (Lipinski definition) is 2. The zero-order valence-electron chi connectivity index (χ0n) is 10.9. The van der Waals surface area contributed by atoms with Gasteiger partial charge in [-0.2, -0.15) is 13.2 Å². The maximum Gasteiger partial charge on any atom is 0.416 e. The standard InChI is InChI=1S/C13H16F3NO2/c1-12(2,3)7-17-10-5-4-8(13(14,15)16)6-9(10)11(18)19/h4-6,17H,7H2,1-3H3,(H,18,19). The molecule has 0 unspecified atom stereocenters. The number of carboxylic acid groups (broad SMARTS) is 1. The Hall–Kier alpha value is -1.72. The lowest BCUT2D eigenvalue weighted by molar-refractivity contribution is -0.137. The first-order valence-electron chi connectivity index (χ1n) is 5.69. The van der Waals surface area contributed by atoms with Gasteiger partial charge in [0.2, 0.25) is 0 Å². The smallest absolute Gasteiger partial charge is 0.416 e. The summed E-state index contributed by atoms with van der Waals surface area (Å²) in [7, 11) is 0. The van der Waals surface area contributed by atoms with Crippen molar-refractivity contribution in [2.75, 3.05) is 11.9 Å². The van der Waals surface area contributed by atoms with E-state index in [-0.39, 0.29) is 16.7 Å². The summed E-state index contributed by atoms with van der Waals surface area (Å²) in [4.78, 5) is 11.0. The summed E-state index contributed by atoms with van der Waals surface area (Å²) in [5.41, 5.74) is -1.26. The maximum atomic E-state index is 12.5. The van der Waals surface area contributed by atoms with Gasteiger partial charge in [0, 0.05) is 12.2 Å². The summed E-state index contributed by atoms with van der Waals surface area (Å²) in [6.45, 7) is 6.26. The molecule has 0 atom stereocenters. The van der Waals surface area contributed by atoms with Gasteiger partial charge in [-0.3, -0.25) is 0 Å². The lowest BCUT2D eigenvalue weighted by Crippen LogP contribution is -2.20. The van der Waals surface area contributed by atoms with Gasteiger partial charge >= 0.3 is 12.1 Å². The molecule has 0 heterocycles. The van der Waals surface area contributed by atoms with Gasteiger partial charge in [-0.1, -0.05) is 20.8 Å². The van der Waals surface area contributed by atoms with Crippen LogP contribution in [-0.2, 0) is 6.18 Å². The van der Waals surface area contributed by atoms with Crippen molar-refractivity contribution in [3.8, 4) is 0 Å². The van der Waals surface area contributed by atoms with E-state index in [1.54, 1.807) is 0 Å². The van der Waals surface area contributed by atoms with E-state index in [2.05, 4.69) is 5.32 Å². The van der Waals surface area contributed by atoms with Crippen LogP contribution in [0.3, 0.4) is 0 Å². The van der Waals surface area contributed by atoms with E-state index in [0.717, 1.165) is 12.1 Å². The summed E-state index contributed by atoms with van der Waals surface area (Å²) in [6.07, 6.45) is -4.55. The van der Waals surface area contributed by atoms with Crippen LogP contribution in [0.25, 0.3) is 0 Å². The molecule has 0 amide bonds. The first-order valence-corrected chi connectivity index (χ1v) is 5.69. The van der Waals surface area contributed by atoms with Crippen LogP contribution < -0.4 is 5.32 Å². The van der Waals surface area contributed by atoms with Crippen molar-refractivity contribution >= 4 is 11.7 Å². The Morgan fingerprint density at radius 3 is 2.26 bits per heavy atom. The molecule has 0 saturated heterocycles. The summed E-state index contributed by atoms with van der Waals surface area (Å²) >= 11 is 0. The zero-order chi connectivity index (χ0) is 14.8. The fourth-order valence-corrected chi connectivity index (χ4v) is 1.41. The van der Waals surface area contributed by atoms with E-state index in [4.69, 9.17) is 5.11 Å². The van der Waals surface area contributed by atoms with Gasteiger partial charge in [0.15, 0.2) is 0 Å². The van der Waals surface area contributed by atoms with E-state index in [9.17, 15) is 18.0 Å². The fraction of sp³-hybridized carbons (Fsp3) is 0.462. The number of benzene rings is 1. The SMILES string of the molecule is CC(C)(C)CNc1ccc(C(F)(F)F)cc1C(=O)O. The molecule has 19 heavy (non-hydrogen) atoms. The molecule has 1 rings (SSSR count). The molecule has 0 fully saturated rings. The third-order valence-electron chi connectivity index (χ3n) is 2.39. The number of anilines is 1. The van der Waals surface area contributed by atoms with Crippen LogP contribution in [0.15, 0.2) is 18.2 Å². The molecule has 6 heteroatoms. The minimum Gasteiger partial charge on any atom is -0.478 e. The molecule has 3 nitrogen and oxygen atoms in total. The number of halogens is 3. The van der Waals surface area contributed by atoms with E-state index < -0.39 is 17.7 Å². The third-order valence-corrected chi connectivity index (χ3v) is 2.39. The number of hydrogen-bond donors (Lipinski definition) is 2. The van der Waals surface area contributed by atoms with Gasteiger partial charge in [-0.05, 0) is 23.6 Å². The molecule has 1 aromatic rings. The summed E-state index contributed by atoms with van der Waals surface area (Å²) in [5.74, 6) is -1.39. The number of carbonyl (C=O) groups is 1. The number of alkyl halides is 3. The monoisotopic (exact) mass is 275 g/mol. The van der Waals surface area contributed by atoms with Crippen LogP contribution in [0, 0.1) is 5.41 Å². The van der Waals surface area contributed by atoms with Gasteiger partial charge in [0.25, 0.3) is 0 Å². The van der Waals surface area contributed by atoms with E-state index in [0.29, 0.717) is 12.6 Å². The predicted molar refractivity (Wildman–Crippen MR) is 66.3 cm³/mol. The summed E-state index contributed by atoms with van der Waals surface area (Å²) in [5, 5.41) is 11.8. The van der Waals surface area contributed by atoms with Crippen LogP contribution in [0.2, 0.25) is 0 Å². The van der Waals surface area contributed by atoms with Crippen LogP contribution in [0.1, 0.15) is 36.7 Å². The second-order valence-corrected chi connectivity index (χ2v) is 5.48. The molecule has 106 valence electrons. The molecule has 0 saturated carbocycles. The Balaban J connectivity index is 3.09. The van der Waals surface area contributed by atoms with E-state index in [1.165, 1.54) is 0 Å². The van der Waals surface area contributed by atoms with E-state index in [1.807, 2.05) is 20.8 Å². The highest BCUT2D eigenvalue weighted by Crippen LogP contribution is 2.32. The quantitative estimate of drug-likeness (QED) is 0.880. The number of aromatic carboxylic acids is 1. The molecule has 0 aliphatic heterocycles. The predicted octanol–water partition coefficient (Wildman–Crippen LogP) is 3.86. The van der Waals surface area contributed by atoms with Crippen molar-refractivity contribution < 1.29 is 23.1 Å². The zero-order valence-corrected chi connectivity index (χ0v) is 10.9. The van der Waals surface area contributed by atoms with Crippen LogP contribution in [0.4, 0.5) is 18.9 Å². The highest BCUT2D eigenvalue weighted by molar-refractivity contribution is 5.94. The fourth-order valence-electron chi connectivity index (χ4n) is 1.41. The Morgan fingerprint density at radius 1 is 1.26 bits per heavy atom. The highest BCUT2D eigenvalue weighted by atomic mass is 19.4. The van der Waals surface area contributed by atoms with Gasteiger partial charge in [-0.25, -0.2) is 4.79 Å². The maximum absolute atomic E-state index is 12.5. The Labute approximate surface area is 109 Å². The minimum absolute atomic E-state index is 0.113. The molecule has 0 bridgehead atoms. The van der Waals surface area contributed by atoms with Gasteiger partial charge < -0.3 is 10.4 Å². The van der Waals surface area contributed by atoms with Crippen LogP contribution >= 0.6 is 0 Å². The molecule has 2 N–H and O–H groups in total. The van der Waals surface area contributed by atoms with Crippen molar-refractivity contribution in [1.29, 1.82) is 0 Å². The average Bonchev–Trinajstić information content (AvgIpc) is 2.23. The molecular formula is C13H16F3NO2. The molecule has 1 aromatic carbocycles. The minimum atomic E-state index is -4.55. The Kier molecular flexibility index (Phi) is 4.12. The number of rotatable bonds is 3. The molecule has 0 spiro atoms. The second-order valence-electron chi connectivity index (χ2n) is 5.48. The van der Waals surface area contributed by atoms with Gasteiger partial charge in [-0.15, -0.1) is 0 Å². The molecule has 0 aliphatic carbocycles. The van der Waals surface area contributed by atoms with Crippen molar-refractivity contribution in [3.63, 3.8) is 0 Å². The molecule has 0 aliphatic rings. The van der Waals surface area contributed by atoms with Gasteiger partial charge in [0.05, 0.1) is 11.1 Å². The van der Waals surface area contributed by atoms with Crippen molar-refractivity contribution in [2.24, 2.45) is 5.41 Å². The van der Waals surface area contributed by atoms with Crippen molar-refractivity contribution in [1.82, 2.24) is 0 Å². The van der Waals surface area contributed by atoms with Crippen LogP contribution in [0.5, 0.6) is 0 Å². The highest BCUT2D eigenvalue weighted by Gasteiger charge is 2.31. The average molecular weight is 275 g/mol. The normalized spacial score (nSPS) is 12.3. The molecular weight excluding hydrogens is 259 g/mol. The third kappa shape index (κ3) is 4.46. The molecule has 0 radical (unpaired) electrons. The summed E-state index contributed by atoms with van der Waals surface area (Å²) in [6, 6.07) is 2.67. The lowest BCUT2D eigenvalue weighted by atomic mass is 9.96. The second kappa shape index (κ2) is 5.11. The Morgan fingerprint density at radius 2 is 1.84 bits per heavy atom. The topological polar surface area (TPSA) is 49.3 Å². The van der Waals surface area contributed by atoms with Crippen molar-refractivity contribution in [2.45, 2.75) is 26.9 Å². The largest absolute Gasteiger partial charge is 0.478 e. The van der Waals surface area contributed by atoms with Crippen molar-refractivity contribution in [3.05, 3.63) is 29.3 Å². The molecule has 0 aromatic heterocycles. The summed E-state index contributed by atoms with van der Waals surface area (Å²) < 4.78 is 37.6. The number of carboxylic acids is 1.